The number of H-pyrrole nitrogens is 1. The number of carboxylic acids is 1. The Morgan fingerprint density at radius 3 is 1.88 bits per heavy atom. The number of aromatic amines is 1. The van der Waals surface area contributed by atoms with Crippen molar-refractivity contribution in [1.82, 2.24) is 61.3 Å². The fourth-order valence-corrected chi connectivity index (χ4v) is 10.5. The normalized spacial score (nSPS) is 15.9. The van der Waals surface area contributed by atoms with Gasteiger partial charge in [0.2, 0.25) is 23.6 Å². The van der Waals surface area contributed by atoms with Crippen LogP contribution in [0, 0.1) is 12.3 Å². The van der Waals surface area contributed by atoms with Crippen LogP contribution in [-0.4, -0.2) is 232 Å². The molecule has 100 heavy (non-hydrogen) atoms. The number of carbonyl (C=O) groups is 6. The maximum atomic E-state index is 13.6. The summed E-state index contributed by atoms with van der Waals surface area (Å²) < 4.78 is 74.0. The van der Waals surface area contributed by atoms with Gasteiger partial charge >= 0.3 is 12.1 Å². The van der Waals surface area contributed by atoms with Gasteiger partial charge in [0.1, 0.15) is 42.2 Å². The van der Waals surface area contributed by atoms with E-state index in [1.165, 1.54) is 65.4 Å². The number of azo groups is 1. The van der Waals surface area contributed by atoms with E-state index in [1.807, 2.05) is 31.2 Å². The summed E-state index contributed by atoms with van der Waals surface area (Å²) in [7, 11) is 0. The number of aliphatic carboxylic acids is 1. The second-order valence-electron chi connectivity index (χ2n) is 22.5. The quantitative estimate of drug-likeness (QED) is 0.0147. The number of thioether (sulfide) groups is 1. The molecule has 3 aromatic heterocycles. The van der Waals surface area contributed by atoms with E-state index in [-0.39, 0.29) is 118 Å². The lowest BCUT2D eigenvalue weighted by molar-refractivity contribution is -0.138. The minimum absolute atomic E-state index is 0.0186. The molecule has 1 saturated heterocycles. The number of aliphatic hydroxyl groups is 2. The van der Waals surface area contributed by atoms with E-state index in [1.54, 1.807) is 0 Å². The Morgan fingerprint density at radius 1 is 0.710 bits per heavy atom. The van der Waals surface area contributed by atoms with Crippen LogP contribution in [0.2, 0.25) is 0 Å². The Bertz CT molecular complexity index is 3590. The number of fused-ring (bicyclic) bond motifs is 1. The number of hydrogen-bond donors (Lipinski definition) is 12. The standard InChI is InChI=1S/C64H84F3N17O15S/c1-40-78-57(83-80-40)43-6-4-41(5-7-43)36-74-52(87)19-26-95-28-30-97-32-34-98-33-31-96-29-27-94-25-18-51(86)71-23-24-73-61(91)48(79-60(90)44-10-14-46(15-11-44)82-81-45-12-8-42(9-13-45)56(69)64(65,66)67)16-17-50(85)70-21-2-3-22-72-58-53-59(76-38-75-58)84(39-77-53)62-55(89)54(88)49(99-62)37-100-35-20-47(68)63(92)93/h4-15,38-39,47-49,54-55,62,69,88-89H,2-3,16-37,68H2,1H3,(H,70,85)(H,71,86)(H,73,91)(H,74,87)(H,79,90)(H,92,93)(H,72,75,76)(H,78,80,83)/t47?,48-,49?,54?,55?,62?/m1/s1. The smallest absolute Gasteiger partial charge is 0.433 e. The molecule has 36 heteroatoms. The summed E-state index contributed by atoms with van der Waals surface area (Å²) in [6, 6.07) is 15.9. The predicted octanol–water partition coefficient (Wildman–Crippen LogP) is 3.72. The molecule has 1 aliphatic heterocycles. The van der Waals surface area contributed by atoms with E-state index < -0.39 is 72.2 Å². The van der Waals surface area contributed by atoms with E-state index in [9.17, 15) is 52.2 Å². The van der Waals surface area contributed by atoms with Crippen molar-refractivity contribution >= 4 is 81.3 Å². The SMILES string of the molecule is Cc1nc(-c2ccc(CNC(=O)CCOCCOCCOCCOCCOCCC(=O)NCCNC(=O)[C@@H](CCC(=O)NCCCCNc3ncnc4c3ncn4C3OC(CSCCC(N)C(=O)O)C(O)C3O)NC(=O)c3ccc(N=Nc4ccc(C(=N)C(F)(F)F)cc4)cc3)cc2)n[nH]1. The first-order chi connectivity index (χ1) is 48.2. The molecule has 13 N–H and O–H groups in total. The summed E-state index contributed by atoms with van der Waals surface area (Å²) in [4.78, 5) is 93.5. The Labute approximate surface area is 577 Å². The summed E-state index contributed by atoms with van der Waals surface area (Å²) >= 11 is 1.34. The van der Waals surface area contributed by atoms with E-state index in [0.717, 1.165) is 29.1 Å². The summed E-state index contributed by atoms with van der Waals surface area (Å²) in [5.74, 6) is -0.818. The number of benzene rings is 3. The van der Waals surface area contributed by atoms with Crippen LogP contribution in [0.15, 0.2) is 95.7 Å². The molecule has 6 aromatic rings. The van der Waals surface area contributed by atoms with Crippen molar-refractivity contribution in [3.05, 3.63) is 108 Å². The number of anilines is 1. The monoisotopic (exact) mass is 1420 g/mol. The molecule has 5 unspecified atom stereocenters. The topological polar surface area (TPSA) is 450 Å². The molecule has 0 saturated carbocycles. The van der Waals surface area contributed by atoms with Crippen LogP contribution in [0.3, 0.4) is 0 Å². The number of carboxylic acid groups (broad SMARTS) is 1. The molecule has 0 bridgehead atoms. The van der Waals surface area contributed by atoms with Gasteiger partial charge in [0.15, 0.2) is 29.0 Å². The van der Waals surface area contributed by atoms with Crippen LogP contribution in [0.4, 0.5) is 30.4 Å². The first kappa shape index (κ1) is 78.4. The third-order valence-corrected chi connectivity index (χ3v) is 16.1. The number of nitrogens with zero attached hydrogens (tertiary/aromatic N) is 8. The molecule has 0 spiro atoms. The van der Waals surface area contributed by atoms with Gasteiger partial charge in [0, 0.05) is 74.4 Å². The van der Waals surface area contributed by atoms with E-state index in [2.05, 4.69) is 72.3 Å². The number of hydrogen-bond acceptors (Lipinski definition) is 25. The van der Waals surface area contributed by atoms with Gasteiger partial charge in [-0.3, -0.25) is 43.8 Å². The lowest BCUT2D eigenvalue weighted by Gasteiger charge is -2.19. The Hall–Kier alpha value is -8.98. The van der Waals surface area contributed by atoms with Gasteiger partial charge < -0.3 is 81.4 Å². The molecule has 542 valence electrons. The Balaban J connectivity index is 0.750. The zero-order chi connectivity index (χ0) is 71.7. The van der Waals surface area contributed by atoms with Crippen molar-refractivity contribution in [2.45, 2.75) is 101 Å². The maximum absolute atomic E-state index is 13.6. The first-order valence-corrected chi connectivity index (χ1v) is 33.4. The molecule has 0 radical (unpaired) electrons. The molecular weight excluding hydrogens is 1340 g/mol. The molecule has 1 fully saturated rings. The third-order valence-electron chi connectivity index (χ3n) is 15.0. The van der Waals surface area contributed by atoms with Gasteiger partial charge in [-0.1, -0.05) is 36.4 Å². The van der Waals surface area contributed by atoms with Crippen LogP contribution in [-0.2, 0) is 58.9 Å². The highest BCUT2D eigenvalue weighted by Gasteiger charge is 2.44. The number of nitrogens with one attached hydrogen (secondary N) is 8. The number of alkyl halides is 3. The van der Waals surface area contributed by atoms with Crippen LogP contribution in [0.25, 0.3) is 22.6 Å². The van der Waals surface area contributed by atoms with Crippen molar-refractivity contribution in [3.63, 3.8) is 0 Å². The molecule has 6 atom stereocenters. The number of carbonyl (C=O) groups excluding carboxylic acids is 5. The number of halogens is 3. The lowest BCUT2D eigenvalue weighted by Crippen LogP contribution is -2.48. The Morgan fingerprint density at radius 2 is 1.28 bits per heavy atom. The average molecular weight is 1420 g/mol. The second kappa shape index (κ2) is 41.6. The van der Waals surface area contributed by atoms with Crippen molar-refractivity contribution in [3.8, 4) is 11.4 Å². The van der Waals surface area contributed by atoms with E-state index in [4.69, 9.17) is 44.7 Å². The number of amides is 5. The summed E-state index contributed by atoms with van der Waals surface area (Å²) in [6.07, 6.45) is -5.10. The number of rotatable bonds is 46. The molecule has 0 aliphatic carbocycles. The number of aryl methyl sites for hydroxylation is 1. The summed E-state index contributed by atoms with van der Waals surface area (Å²) in [5.41, 5.74) is 6.91. The van der Waals surface area contributed by atoms with Crippen molar-refractivity contribution in [2.75, 3.05) is 109 Å². The molecule has 7 rings (SSSR count). The predicted molar refractivity (Wildman–Crippen MR) is 358 cm³/mol. The molecular formula is C64H84F3N17O15S. The largest absolute Gasteiger partial charge is 0.480 e. The summed E-state index contributed by atoms with van der Waals surface area (Å²) in [5, 5.41) is 70.0. The van der Waals surface area contributed by atoms with Crippen molar-refractivity contribution < 1.29 is 85.7 Å². The highest BCUT2D eigenvalue weighted by Crippen LogP contribution is 2.34. The third kappa shape index (κ3) is 26.6. The number of aromatic nitrogens is 7. The first-order valence-electron chi connectivity index (χ1n) is 32.3. The van der Waals surface area contributed by atoms with Crippen LogP contribution in [0.1, 0.15) is 78.5 Å². The minimum Gasteiger partial charge on any atom is -0.480 e. The number of ether oxygens (including phenoxy) is 6. The molecule has 1 aliphatic rings. The average Bonchev–Trinajstić information content (AvgIpc) is 1.62. The zero-order valence-electron chi connectivity index (χ0n) is 55.0. The fourth-order valence-electron chi connectivity index (χ4n) is 9.45. The van der Waals surface area contributed by atoms with Crippen LogP contribution in [0.5, 0.6) is 0 Å². The number of nitrogens with two attached hydrogens (primary N) is 1. The molecule has 32 nitrogen and oxygen atoms in total. The van der Waals surface area contributed by atoms with Gasteiger partial charge in [0.05, 0.1) is 89.9 Å². The van der Waals surface area contributed by atoms with E-state index >= 15 is 0 Å². The maximum Gasteiger partial charge on any atom is 0.433 e. The van der Waals surface area contributed by atoms with Gasteiger partial charge in [0.25, 0.3) is 5.91 Å². The van der Waals surface area contributed by atoms with Gasteiger partial charge in [-0.2, -0.15) is 40.3 Å². The fraction of sp³-hybridized carbons (Fsp3) is 0.500. The van der Waals surface area contributed by atoms with Gasteiger partial charge in [-0.15, -0.1) is 0 Å². The number of imidazole rings is 1. The van der Waals surface area contributed by atoms with Gasteiger partial charge in [-0.25, -0.2) is 19.9 Å². The van der Waals surface area contributed by atoms with Crippen LogP contribution >= 0.6 is 11.8 Å². The second-order valence-corrected chi connectivity index (χ2v) is 23.7. The zero-order valence-corrected chi connectivity index (χ0v) is 55.8. The van der Waals surface area contributed by atoms with Crippen molar-refractivity contribution in [2.24, 2.45) is 16.0 Å². The summed E-state index contributed by atoms with van der Waals surface area (Å²) in [6.45, 7) is 5.83. The van der Waals surface area contributed by atoms with E-state index in [0.29, 0.717) is 94.1 Å². The lowest BCUT2D eigenvalue weighted by atomic mass is 10.1. The minimum atomic E-state index is -4.81. The highest BCUT2D eigenvalue weighted by molar-refractivity contribution is 7.99. The number of unbranched alkanes of at least 4 members (excludes halogenated alkanes) is 1. The Kier molecular flexibility index (Phi) is 32.6. The highest BCUT2D eigenvalue weighted by atomic mass is 32.2. The van der Waals surface area contributed by atoms with Gasteiger partial charge in [-0.05, 0) is 80.3 Å². The molecule has 5 amide bonds. The molecule has 4 heterocycles. The number of aliphatic hydroxyl groups excluding tert-OH is 2. The van der Waals surface area contributed by atoms with Crippen molar-refractivity contribution in [1.29, 1.82) is 5.41 Å². The molecule has 3 aromatic carbocycles. The van der Waals surface area contributed by atoms with Crippen LogP contribution < -0.4 is 37.6 Å².